The van der Waals surface area contributed by atoms with E-state index in [2.05, 4.69) is 15.2 Å². The maximum atomic E-state index is 13.5. The molecule has 0 unspecified atom stereocenters. The number of aromatic nitrogens is 3. The second-order valence-corrected chi connectivity index (χ2v) is 7.34. The molecule has 0 atom stereocenters. The van der Waals surface area contributed by atoms with E-state index < -0.39 is 17.2 Å². The lowest BCUT2D eigenvalue weighted by Crippen LogP contribution is -2.22. The second kappa shape index (κ2) is 4.45. The minimum atomic E-state index is -4.48. The van der Waals surface area contributed by atoms with Crippen LogP contribution in [0.4, 0.5) is 13.2 Å². The Hall–Kier alpha value is -1.59. The van der Waals surface area contributed by atoms with Crippen LogP contribution in [0, 0.1) is 0 Å². The van der Waals surface area contributed by atoms with Crippen LogP contribution < -0.4 is 0 Å². The highest BCUT2D eigenvalue weighted by Crippen LogP contribution is 2.41. The lowest BCUT2D eigenvalue weighted by molar-refractivity contribution is -0.137. The fourth-order valence-corrected chi connectivity index (χ4v) is 2.40. The van der Waals surface area contributed by atoms with E-state index >= 15 is 0 Å². The molecule has 0 radical (unpaired) electrons. The van der Waals surface area contributed by atoms with Gasteiger partial charge in [-0.25, -0.2) is 0 Å². The third-order valence-corrected chi connectivity index (χ3v) is 3.32. The molecule has 2 heterocycles. The van der Waals surface area contributed by atoms with Gasteiger partial charge in [0.2, 0.25) is 0 Å². The number of aromatic amines is 1. The average molecular weight is 299 g/mol. The number of pyridine rings is 1. The first-order chi connectivity index (χ1) is 9.33. The number of hydrogen-bond donors (Lipinski definition) is 1. The predicted molar refractivity (Wildman–Crippen MR) is 76.3 cm³/mol. The van der Waals surface area contributed by atoms with Crippen molar-refractivity contribution in [2.45, 2.75) is 58.5 Å². The molecule has 0 saturated carbocycles. The maximum Gasteiger partial charge on any atom is 0.420 e. The highest BCUT2D eigenvalue weighted by atomic mass is 19.4. The molecule has 2 aromatic rings. The summed E-state index contributed by atoms with van der Waals surface area (Å²) in [6.07, 6.45) is -2.98. The van der Waals surface area contributed by atoms with E-state index in [0.717, 1.165) is 0 Å². The lowest BCUT2D eigenvalue weighted by atomic mass is 9.86. The van der Waals surface area contributed by atoms with Gasteiger partial charge in [-0.2, -0.15) is 18.3 Å². The Morgan fingerprint density at radius 2 is 1.43 bits per heavy atom. The van der Waals surface area contributed by atoms with Gasteiger partial charge in [0.15, 0.2) is 0 Å². The van der Waals surface area contributed by atoms with E-state index in [9.17, 15) is 13.2 Å². The number of rotatable bonds is 0. The van der Waals surface area contributed by atoms with Crippen LogP contribution in [0.3, 0.4) is 0 Å². The van der Waals surface area contributed by atoms with Crippen molar-refractivity contribution in [1.82, 2.24) is 15.2 Å². The summed E-state index contributed by atoms with van der Waals surface area (Å²) >= 11 is 0. The molecule has 2 aromatic heterocycles. The number of hydrogen-bond acceptors (Lipinski definition) is 2. The Labute approximate surface area is 122 Å². The number of nitrogens with zero attached hydrogens (tertiary/aromatic N) is 2. The zero-order valence-corrected chi connectivity index (χ0v) is 13.1. The molecule has 0 aliphatic carbocycles. The van der Waals surface area contributed by atoms with Gasteiger partial charge in [0.05, 0.1) is 16.9 Å². The molecule has 0 spiro atoms. The van der Waals surface area contributed by atoms with Gasteiger partial charge in [0.1, 0.15) is 5.56 Å². The molecule has 116 valence electrons. The van der Waals surface area contributed by atoms with Gasteiger partial charge in [-0.05, 0) is 0 Å². The van der Waals surface area contributed by atoms with Crippen molar-refractivity contribution in [3.8, 4) is 0 Å². The molecule has 0 aliphatic rings. The fraction of sp³-hybridized carbons (Fsp3) is 0.600. The first kappa shape index (κ1) is 15.8. The smallest absolute Gasteiger partial charge is 0.277 e. The largest absolute Gasteiger partial charge is 0.420 e. The van der Waals surface area contributed by atoms with Gasteiger partial charge in [0, 0.05) is 22.4 Å². The van der Waals surface area contributed by atoms with Crippen LogP contribution in [-0.4, -0.2) is 15.2 Å². The van der Waals surface area contributed by atoms with Gasteiger partial charge in [-0.3, -0.25) is 10.1 Å². The molecular formula is C15H20F3N3. The average Bonchev–Trinajstić information content (AvgIpc) is 2.67. The van der Waals surface area contributed by atoms with E-state index in [0.29, 0.717) is 11.1 Å². The highest BCUT2D eigenvalue weighted by molar-refractivity contribution is 5.85. The van der Waals surface area contributed by atoms with Crippen molar-refractivity contribution in [3.63, 3.8) is 0 Å². The molecule has 6 heteroatoms. The SMILES string of the molecule is CC(C)(C)c1ncc2c(C(C)(C)C)n[nH]c2c1C(F)(F)F. The monoisotopic (exact) mass is 299 g/mol. The minimum absolute atomic E-state index is 0.0207. The molecule has 0 aromatic carbocycles. The maximum absolute atomic E-state index is 13.5. The van der Waals surface area contributed by atoms with E-state index in [4.69, 9.17) is 0 Å². The summed E-state index contributed by atoms with van der Waals surface area (Å²) in [6.45, 7) is 10.9. The quantitative estimate of drug-likeness (QED) is 0.774. The predicted octanol–water partition coefficient (Wildman–Crippen LogP) is 4.57. The van der Waals surface area contributed by atoms with Crippen LogP contribution in [0.15, 0.2) is 6.20 Å². The molecule has 21 heavy (non-hydrogen) atoms. The molecule has 0 amide bonds. The first-order valence-corrected chi connectivity index (χ1v) is 6.78. The van der Waals surface area contributed by atoms with Crippen molar-refractivity contribution in [2.75, 3.05) is 0 Å². The van der Waals surface area contributed by atoms with Crippen LogP contribution in [-0.2, 0) is 17.0 Å². The minimum Gasteiger partial charge on any atom is -0.277 e. The zero-order chi connectivity index (χ0) is 16.2. The Morgan fingerprint density at radius 1 is 0.905 bits per heavy atom. The topological polar surface area (TPSA) is 41.6 Å². The van der Waals surface area contributed by atoms with Crippen LogP contribution in [0.1, 0.15) is 58.5 Å². The number of alkyl halides is 3. The van der Waals surface area contributed by atoms with Crippen molar-refractivity contribution in [1.29, 1.82) is 0 Å². The summed E-state index contributed by atoms with van der Waals surface area (Å²) in [5.74, 6) is 0. The van der Waals surface area contributed by atoms with Crippen molar-refractivity contribution < 1.29 is 13.2 Å². The number of fused-ring (bicyclic) bond motifs is 1. The Morgan fingerprint density at radius 3 is 1.86 bits per heavy atom. The Bertz CT molecular complexity index is 670. The third kappa shape index (κ3) is 2.76. The fourth-order valence-electron chi connectivity index (χ4n) is 2.40. The molecule has 0 saturated heterocycles. The molecule has 0 aliphatic heterocycles. The summed E-state index contributed by atoms with van der Waals surface area (Å²) in [6, 6.07) is 0. The molecule has 0 bridgehead atoms. The number of H-pyrrole nitrogens is 1. The summed E-state index contributed by atoms with van der Waals surface area (Å²) in [5, 5.41) is 7.10. The van der Waals surface area contributed by atoms with Crippen LogP contribution in [0.25, 0.3) is 10.9 Å². The summed E-state index contributed by atoms with van der Waals surface area (Å²) in [5.41, 5.74) is -1.12. The van der Waals surface area contributed by atoms with Crippen LogP contribution in [0.2, 0.25) is 0 Å². The Balaban J connectivity index is 2.89. The van der Waals surface area contributed by atoms with Gasteiger partial charge in [-0.1, -0.05) is 41.5 Å². The van der Waals surface area contributed by atoms with Gasteiger partial charge < -0.3 is 0 Å². The second-order valence-electron chi connectivity index (χ2n) is 7.34. The number of nitrogens with one attached hydrogen (secondary N) is 1. The summed E-state index contributed by atoms with van der Waals surface area (Å²) in [7, 11) is 0. The van der Waals surface area contributed by atoms with E-state index in [1.165, 1.54) is 6.20 Å². The van der Waals surface area contributed by atoms with Crippen molar-refractivity contribution in [3.05, 3.63) is 23.1 Å². The zero-order valence-electron chi connectivity index (χ0n) is 13.1. The standard InChI is InChI=1S/C15H20F3N3/c1-13(2,3)11-8-7-19-12(14(4,5)6)9(15(16,17)18)10(8)20-21-11/h7H,1-6H3,(H,20,21). The lowest BCUT2D eigenvalue weighted by Gasteiger charge is -2.23. The Kier molecular flexibility index (Phi) is 3.35. The van der Waals surface area contributed by atoms with Crippen LogP contribution in [0.5, 0.6) is 0 Å². The van der Waals surface area contributed by atoms with E-state index in [1.54, 1.807) is 20.8 Å². The normalized spacial score (nSPS) is 14.0. The first-order valence-electron chi connectivity index (χ1n) is 6.78. The van der Waals surface area contributed by atoms with Gasteiger partial charge in [-0.15, -0.1) is 0 Å². The molecule has 0 fully saturated rings. The number of halogens is 3. The third-order valence-electron chi connectivity index (χ3n) is 3.32. The van der Waals surface area contributed by atoms with Crippen molar-refractivity contribution in [2.24, 2.45) is 0 Å². The van der Waals surface area contributed by atoms with E-state index in [1.807, 2.05) is 20.8 Å². The van der Waals surface area contributed by atoms with Gasteiger partial charge in [0.25, 0.3) is 0 Å². The van der Waals surface area contributed by atoms with E-state index in [-0.39, 0.29) is 16.6 Å². The van der Waals surface area contributed by atoms with Crippen molar-refractivity contribution >= 4 is 10.9 Å². The summed E-state index contributed by atoms with van der Waals surface area (Å²) < 4.78 is 40.6. The van der Waals surface area contributed by atoms with Crippen LogP contribution >= 0.6 is 0 Å². The molecule has 2 rings (SSSR count). The highest BCUT2D eigenvalue weighted by Gasteiger charge is 2.41. The summed E-state index contributed by atoms with van der Waals surface area (Å²) in [4.78, 5) is 4.11. The molecule has 3 nitrogen and oxygen atoms in total. The molecule has 1 N–H and O–H groups in total. The molecular weight excluding hydrogens is 279 g/mol. The van der Waals surface area contributed by atoms with Gasteiger partial charge >= 0.3 is 6.18 Å².